The van der Waals surface area contributed by atoms with Gasteiger partial charge in [-0.05, 0) is 12.5 Å². The maximum absolute atomic E-state index is 11.1. The van der Waals surface area contributed by atoms with E-state index in [9.17, 15) is 9.59 Å². The van der Waals surface area contributed by atoms with Gasteiger partial charge < -0.3 is 4.74 Å². The van der Waals surface area contributed by atoms with E-state index in [4.69, 9.17) is 4.74 Å². The molecular weight excluding hydrogens is 224 g/mol. The molecule has 3 nitrogen and oxygen atoms in total. The molecule has 0 saturated heterocycles. The quantitative estimate of drug-likeness (QED) is 0.331. The van der Waals surface area contributed by atoms with Crippen LogP contribution in [0, 0.1) is 0 Å². The Labute approximate surface area is 99.2 Å². The van der Waals surface area contributed by atoms with Gasteiger partial charge in [-0.2, -0.15) is 0 Å². The molecule has 0 amide bonds. The largest absolute Gasteiger partial charge is 0.454 e. The first kappa shape index (κ1) is 12.8. The Balaban J connectivity index is 2.42. The summed E-state index contributed by atoms with van der Waals surface area (Å²) in [6.07, 6.45) is 2.03. The second-order valence-electron chi connectivity index (χ2n) is 3.18. The fourth-order valence-corrected chi connectivity index (χ4v) is 1.92. The van der Waals surface area contributed by atoms with Crippen molar-refractivity contribution in [3.05, 3.63) is 29.8 Å². The fourth-order valence-electron chi connectivity index (χ4n) is 1.14. The van der Waals surface area contributed by atoms with Gasteiger partial charge in [0, 0.05) is 16.9 Å². The van der Waals surface area contributed by atoms with Crippen LogP contribution in [0.2, 0.25) is 0 Å². The van der Waals surface area contributed by atoms with Crippen molar-refractivity contribution in [2.24, 2.45) is 0 Å². The highest BCUT2D eigenvalue weighted by Gasteiger charge is 2.04. The average Bonchev–Trinajstić information content (AvgIpc) is 2.30. The van der Waals surface area contributed by atoms with Crippen LogP contribution >= 0.6 is 11.8 Å². The van der Waals surface area contributed by atoms with E-state index in [-0.39, 0.29) is 11.9 Å². The van der Waals surface area contributed by atoms with Crippen molar-refractivity contribution >= 4 is 24.0 Å². The Bertz CT molecular complexity index is 363. The number of thioether (sulfide) groups is 1. The van der Waals surface area contributed by atoms with E-state index < -0.39 is 0 Å². The Morgan fingerprint density at radius 3 is 2.88 bits per heavy atom. The van der Waals surface area contributed by atoms with Crippen LogP contribution in [0.3, 0.4) is 0 Å². The van der Waals surface area contributed by atoms with Crippen LogP contribution in [-0.4, -0.2) is 18.2 Å². The molecule has 0 aliphatic heterocycles. The lowest BCUT2D eigenvalue weighted by atomic mass is 10.2. The van der Waals surface area contributed by atoms with Gasteiger partial charge in [-0.15, -0.1) is 0 Å². The van der Waals surface area contributed by atoms with Gasteiger partial charge in [-0.1, -0.05) is 36.9 Å². The van der Waals surface area contributed by atoms with Crippen LogP contribution in [0.4, 0.5) is 0 Å². The molecule has 86 valence electrons. The summed E-state index contributed by atoms with van der Waals surface area (Å²) in [5.41, 5.74) is 0.624. The summed E-state index contributed by atoms with van der Waals surface area (Å²) in [6.45, 7) is 1.93. The predicted octanol–water partition coefficient (Wildman–Crippen LogP) is 2.89. The van der Waals surface area contributed by atoms with Gasteiger partial charge in [0.25, 0.3) is 0 Å². The van der Waals surface area contributed by atoms with Gasteiger partial charge in [0.2, 0.25) is 0 Å². The van der Waals surface area contributed by atoms with Crippen LogP contribution < -0.4 is 0 Å². The van der Waals surface area contributed by atoms with Gasteiger partial charge in [-0.3, -0.25) is 9.59 Å². The summed E-state index contributed by atoms with van der Waals surface area (Å²) in [5.74, 6) is 0.0579. The summed E-state index contributed by atoms with van der Waals surface area (Å²) < 4.78 is 4.99. The molecule has 0 N–H and O–H groups in total. The van der Waals surface area contributed by atoms with E-state index in [1.807, 2.05) is 19.1 Å². The number of ether oxygens (including phenoxy) is 1. The molecule has 0 atom stereocenters. The zero-order valence-corrected chi connectivity index (χ0v) is 9.96. The van der Waals surface area contributed by atoms with Crippen molar-refractivity contribution in [3.8, 4) is 0 Å². The molecule has 1 rings (SSSR count). The number of hydrogen-bond donors (Lipinski definition) is 0. The third-order valence-corrected chi connectivity index (χ3v) is 2.85. The molecule has 0 aliphatic carbocycles. The van der Waals surface area contributed by atoms with E-state index in [2.05, 4.69) is 0 Å². The van der Waals surface area contributed by atoms with Crippen molar-refractivity contribution < 1.29 is 14.3 Å². The minimum Gasteiger partial charge on any atom is -0.454 e. The third kappa shape index (κ3) is 4.06. The highest BCUT2D eigenvalue weighted by Crippen LogP contribution is 2.21. The topological polar surface area (TPSA) is 43.4 Å². The molecular formula is C12H14O3S. The Hall–Kier alpha value is -1.29. The van der Waals surface area contributed by atoms with Crippen LogP contribution in [0.25, 0.3) is 0 Å². The number of aldehydes is 1. The van der Waals surface area contributed by atoms with Gasteiger partial charge >= 0.3 is 5.97 Å². The molecule has 0 bridgehead atoms. The SMILES string of the molecule is CCCC(=O)OCSc1ccccc1C=O. The van der Waals surface area contributed by atoms with Crippen LogP contribution in [0.5, 0.6) is 0 Å². The fraction of sp³-hybridized carbons (Fsp3) is 0.333. The highest BCUT2D eigenvalue weighted by molar-refractivity contribution is 7.99. The van der Waals surface area contributed by atoms with E-state index >= 15 is 0 Å². The smallest absolute Gasteiger partial charge is 0.306 e. The Morgan fingerprint density at radius 2 is 2.19 bits per heavy atom. The van der Waals surface area contributed by atoms with Crippen LogP contribution in [0.1, 0.15) is 30.1 Å². The normalized spacial score (nSPS) is 9.81. The average molecular weight is 238 g/mol. The second kappa shape index (κ2) is 7.06. The molecule has 0 fully saturated rings. The maximum atomic E-state index is 11.1. The molecule has 0 heterocycles. The lowest BCUT2D eigenvalue weighted by Crippen LogP contribution is -2.02. The number of carbonyl (C=O) groups is 2. The van der Waals surface area contributed by atoms with E-state index in [1.54, 1.807) is 12.1 Å². The molecule has 16 heavy (non-hydrogen) atoms. The number of esters is 1. The second-order valence-corrected chi connectivity index (χ2v) is 4.15. The number of benzene rings is 1. The lowest BCUT2D eigenvalue weighted by molar-refractivity contribution is -0.141. The summed E-state index contributed by atoms with van der Waals surface area (Å²) in [5, 5.41) is 0. The maximum Gasteiger partial charge on any atom is 0.306 e. The van der Waals surface area contributed by atoms with E-state index in [0.29, 0.717) is 12.0 Å². The number of rotatable bonds is 6. The lowest BCUT2D eigenvalue weighted by Gasteiger charge is -2.05. The first-order valence-electron chi connectivity index (χ1n) is 5.10. The molecule has 1 aromatic carbocycles. The Kier molecular flexibility index (Phi) is 5.64. The third-order valence-electron chi connectivity index (χ3n) is 1.93. The molecule has 0 aliphatic rings. The highest BCUT2D eigenvalue weighted by atomic mass is 32.2. The van der Waals surface area contributed by atoms with Crippen molar-refractivity contribution in [3.63, 3.8) is 0 Å². The van der Waals surface area contributed by atoms with Gasteiger partial charge in [-0.25, -0.2) is 0 Å². The van der Waals surface area contributed by atoms with Gasteiger partial charge in [0.05, 0.1) is 0 Å². The van der Waals surface area contributed by atoms with Crippen LogP contribution in [0.15, 0.2) is 29.2 Å². The van der Waals surface area contributed by atoms with Crippen molar-refractivity contribution in [1.82, 2.24) is 0 Å². The summed E-state index contributed by atoms with van der Waals surface area (Å²) in [4.78, 5) is 22.6. The van der Waals surface area contributed by atoms with Gasteiger partial charge in [0.15, 0.2) is 6.29 Å². The molecule has 1 aromatic rings. The monoisotopic (exact) mass is 238 g/mol. The summed E-state index contributed by atoms with van der Waals surface area (Å²) in [7, 11) is 0. The summed E-state index contributed by atoms with van der Waals surface area (Å²) in [6, 6.07) is 7.23. The molecule has 0 unspecified atom stereocenters. The van der Waals surface area contributed by atoms with Crippen LogP contribution in [-0.2, 0) is 9.53 Å². The molecule has 4 heteroatoms. The number of hydrogen-bond acceptors (Lipinski definition) is 4. The van der Waals surface area contributed by atoms with Crippen molar-refractivity contribution in [2.75, 3.05) is 5.94 Å². The Morgan fingerprint density at radius 1 is 1.44 bits per heavy atom. The number of carbonyl (C=O) groups excluding carboxylic acids is 2. The predicted molar refractivity (Wildman–Crippen MR) is 63.6 cm³/mol. The molecule has 0 aromatic heterocycles. The molecule has 0 saturated carbocycles. The van der Waals surface area contributed by atoms with Crippen molar-refractivity contribution in [1.29, 1.82) is 0 Å². The minimum atomic E-state index is -0.196. The zero-order chi connectivity index (χ0) is 11.8. The van der Waals surface area contributed by atoms with E-state index in [1.165, 1.54) is 11.8 Å². The first-order chi connectivity index (χ1) is 7.77. The molecule has 0 radical (unpaired) electrons. The van der Waals surface area contributed by atoms with Gasteiger partial charge in [0.1, 0.15) is 5.94 Å². The standard InChI is InChI=1S/C12H14O3S/c1-2-5-12(14)15-9-16-11-7-4-3-6-10(11)8-13/h3-4,6-8H,2,5,9H2,1H3. The van der Waals surface area contributed by atoms with Crippen molar-refractivity contribution in [2.45, 2.75) is 24.7 Å². The zero-order valence-electron chi connectivity index (χ0n) is 9.14. The first-order valence-corrected chi connectivity index (χ1v) is 6.09. The summed E-state index contributed by atoms with van der Waals surface area (Å²) >= 11 is 1.35. The molecule has 0 spiro atoms. The minimum absolute atomic E-state index is 0.196. The van der Waals surface area contributed by atoms with E-state index in [0.717, 1.165) is 17.6 Å².